The molecule has 0 fully saturated rings. The molecule has 0 aliphatic rings. The minimum atomic E-state index is -0.749. The molecule has 0 aliphatic heterocycles. The van der Waals surface area contributed by atoms with E-state index in [0.717, 1.165) is 43.0 Å². The molecule has 186 valence electrons. The van der Waals surface area contributed by atoms with E-state index in [1.807, 2.05) is 32.0 Å². The molecule has 7 nitrogen and oxygen atoms in total. The second-order valence-corrected chi connectivity index (χ2v) is 8.81. The highest BCUT2D eigenvalue weighted by molar-refractivity contribution is 5.55. The maximum Gasteiger partial charge on any atom is 0.203 e. The van der Waals surface area contributed by atoms with Crippen LogP contribution in [0.3, 0.4) is 0 Å². The molecule has 0 bridgehead atoms. The van der Waals surface area contributed by atoms with Gasteiger partial charge in [0.2, 0.25) is 5.75 Å². The van der Waals surface area contributed by atoms with Crippen LogP contribution in [0.2, 0.25) is 0 Å². The molecule has 2 rings (SSSR count). The zero-order valence-corrected chi connectivity index (χ0v) is 21.5. The molecule has 34 heavy (non-hydrogen) atoms. The highest BCUT2D eigenvalue weighted by Crippen LogP contribution is 2.44. The number of likely N-dealkylation sites (N-methyl/N-ethyl adjacent to an activating group) is 1. The van der Waals surface area contributed by atoms with E-state index < -0.39 is 5.41 Å². The van der Waals surface area contributed by atoms with Crippen molar-refractivity contribution >= 4 is 0 Å². The van der Waals surface area contributed by atoms with Crippen molar-refractivity contribution < 1.29 is 24.1 Å². The van der Waals surface area contributed by atoms with Crippen LogP contribution in [0.15, 0.2) is 30.3 Å². The molecule has 0 saturated heterocycles. The fraction of sp³-hybridized carbons (Fsp3) is 0.519. The van der Waals surface area contributed by atoms with E-state index in [-0.39, 0.29) is 17.4 Å². The lowest BCUT2D eigenvalue weighted by atomic mass is 9.69. The molecule has 1 unspecified atom stereocenters. The van der Waals surface area contributed by atoms with Crippen LogP contribution < -0.4 is 18.9 Å². The molecule has 7 heteroatoms. The minimum absolute atomic E-state index is 0.0239. The van der Waals surface area contributed by atoms with Gasteiger partial charge in [-0.2, -0.15) is 5.26 Å². The van der Waals surface area contributed by atoms with Gasteiger partial charge in [-0.25, -0.2) is 0 Å². The van der Waals surface area contributed by atoms with Crippen LogP contribution in [0.4, 0.5) is 0 Å². The SMILES string of the molecule is COc1ccc(CCN(C)CCCC(C#N)(c2cc(O)c(OC)c(OC)c2)C(C)C)cc1OC. The average molecular weight is 471 g/mol. The van der Waals surface area contributed by atoms with Crippen molar-refractivity contribution in [1.82, 2.24) is 4.90 Å². The topological polar surface area (TPSA) is 84.2 Å². The Labute approximate surface area is 203 Å². The van der Waals surface area contributed by atoms with E-state index >= 15 is 0 Å². The molecule has 0 amide bonds. The van der Waals surface area contributed by atoms with Crippen molar-refractivity contribution in [2.45, 2.75) is 38.5 Å². The van der Waals surface area contributed by atoms with Crippen molar-refractivity contribution in [3.8, 4) is 34.8 Å². The van der Waals surface area contributed by atoms with Crippen molar-refractivity contribution in [3.05, 3.63) is 41.5 Å². The van der Waals surface area contributed by atoms with Gasteiger partial charge in [-0.15, -0.1) is 0 Å². The number of methoxy groups -OCH3 is 4. The lowest BCUT2D eigenvalue weighted by molar-refractivity contribution is 0.291. The first kappa shape index (κ1) is 27.1. The van der Waals surface area contributed by atoms with Crippen LogP contribution in [0.1, 0.15) is 37.8 Å². The molecular weight excluding hydrogens is 432 g/mol. The summed E-state index contributed by atoms with van der Waals surface area (Å²) in [4.78, 5) is 2.27. The van der Waals surface area contributed by atoms with Crippen molar-refractivity contribution in [3.63, 3.8) is 0 Å². The Morgan fingerprint density at radius 1 is 0.941 bits per heavy atom. The third-order valence-electron chi connectivity index (χ3n) is 6.50. The summed E-state index contributed by atoms with van der Waals surface area (Å²) < 4.78 is 21.4. The fourth-order valence-electron chi connectivity index (χ4n) is 4.31. The number of hydrogen-bond acceptors (Lipinski definition) is 7. The number of hydrogen-bond donors (Lipinski definition) is 1. The lowest BCUT2D eigenvalue weighted by Gasteiger charge is -2.32. The van der Waals surface area contributed by atoms with Crippen LogP contribution in [0.25, 0.3) is 0 Å². The molecule has 0 heterocycles. The normalized spacial score (nSPS) is 12.8. The van der Waals surface area contributed by atoms with E-state index in [1.165, 1.54) is 19.8 Å². The Kier molecular flexibility index (Phi) is 9.88. The van der Waals surface area contributed by atoms with Gasteiger partial charge in [-0.3, -0.25) is 0 Å². The smallest absolute Gasteiger partial charge is 0.203 e. The van der Waals surface area contributed by atoms with Crippen molar-refractivity contribution in [1.29, 1.82) is 5.26 Å². The molecule has 1 atom stereocenters. The zero-order chi connectivity index (χ0) is 25.3. The van der Waals surface area contributed by atoms with Gasteiger partial charge >= 0.3 is 0 Å². The van der Waals surface area contributed by atoms with Gasteiger partial charge in [-0.05, 0) is 74.2 Å². The summed E-state index contributed by atoms with van der Waals surface area (Å²) in [6.07, 6.45) is 2.38. The summed E-state index contributed by atoms with van der Waals surface area (Å²) in [5, 5.41) is 20.7. The van der Waals surface area contributed by atoms with Crippen LogP contribution in [-0.4, -0.2) is 58.6 Å². The summed E-state index contributed by atoms with van der Waals surface area (Å²) in [6, 6.07) is 12.0. The Morgan fingerprint density at radius 3 is 2.18 bits per heavy atom. The standard InChI is InChI=1S/C27H38N2O5/c1-19(2)27(18-28,21-16-22(30)26(34-7)25(17-21)33-6)12-8-13-29(3)14-11-20-9-10-23(31-4)24(15-20)32-5/h9-10,15-17,19,30H,8,11-14H2,1-7H3. The predicted molar refractivity (Wildman–Crippen MR) is 133 cm³/mol. The van der Waals surface area contributed by atoms with E-state index in [0.29, 0.717) is 12.2 Å². The average Bonchev–Trinajstić information content (AvgIpc) is 2.84. The van der Waals surface area contributed by atoms with Gasteiger partial charge in [-0.1, -0.05) is 19.9 Å². The van der Waals surface area contributed by atoms with E-state index in [2.05, 4.69) is 24.1 Å². The van der Waals surface area contributed by atoms with Crippen LogP contribution in [-0.2, 0) is 11.8 Å². The second-order valence-electron chi connectivity index (χ2n) is 8.81. The first-order valence-corrected chi connectivity index (χ1v) is 11.5. The van der Waals surface area contributed by atoms with E-state index in [1.54, 1.807) is 20.3 Å². The molecule has 0 aliphatic carbocycles. The monoisotopic (exact) mass is 470 g/mol. The highest BCUT2D eigenvalue weighted by atomic mass is 16.5. The summed E-state index contributed by atoms with van der Waals surface area (Å²) >= 11 is 0. The first-order valence-electron chi connectivity index (χ1n) is 11.5. The van der Waals surface area contributed by atoms with Crippen molar-refractivity contribution in [2.24, 2.45) is 5.92 Å². The van der Waals surface area contributed by atoms with Crippen molar-refractivity contribution in [2.75, 3.05) is 48.6 Å². The summed E-state index contributed by atoms with van der Waals surface area (Å²) in [6.45, 7) is 5.81. The van der Waals surface area contributed by atoms with Gasteiger partial charge in [0.25, 0.3) is 0 Å². The van der Waals surface area contributed by atoms with Crippen LogP contribution in [0, 0.1) is 17.2 Å². The number of nitriles is 1. The molecule has 0 spiro atoms. The Balaban J connectivity index is 2.07. The third kappa shape index (κ3) is 6.06. The van der Waals surface area contributed by atoms with Gasteiger partial charge in [0.15, 0.2) is 23.0 Å². The van der Waals surface area contributed by atoms with Gasteiger partial charge in [0.1, 0.15) is 0 Å². The molecule has 2 aromatic carbocycles. The summed E-state index contributed by atoms with van der Waals surface area (Å²) in [5.41, 5.74) is 1.17. The van der Waals surface area contributed by atoms with Crippen LogP contribution >= 0.6 is 0 Å². The van der Waals surface area contributed by atoms with Gasteiger partial charge in [0.05, 0.1) is 39.9 Å². The number of nitrogens with zero attached hydrogens (tertiary/aromatic N) is 2. The summed E-state index contributed by atoms with van der Waals surface area (Å²) in [7, 11) is 8.37. The zero-order valence-electron chi connectivity index (χ0n) is 21.5. The first-order chi connectivity index (χ1) is 16.3. The van der Waals surface area contributed by atoms with Crippen LogP contribution in [0.5, 0.6) is 28.7 Å². The molecule has 1 N–H and O–H groups in total. The predicted octanol–water partition coefficient (Wildman–Crippen LogP) is 4.80. The minimum Gasteiger partial charge on any atom is -0.504 e. The number of benzene rings is 2. The lowest BCUT2D eigenvalue weighted by Crippen LogP contribution is -2.32. The number of rotatable bonds is 13. The fourth-order valence-corrected chi connectivity index (χ4v) is 4.31. The maximum atomic E-state index is 10.5. The quantitative estimate of drug-likeness (QED) is 0.450. The summed E-state index contributed by atoms with van der Waals surface area (Å²) in [5.74, 6) is 2.18. The van der Waals surface area contributed by atoms with Gasteiger partial charge in [0, 0.05) is 6.54 Å². The van der Waals surface area contributed by atoms with E-state index in [9.17, 15) is 10.4 Å². The Bertz CT molecular complexity index is 986. The Morgan fingerprint density at radius 2 is 1.62 bits per heavy atom. The number of aromatic hydroxyl groups is 1. The maximum absolute atomic E-state index is 10.5. The molecule has 0 radical (unpaired) electrons. The Hall–Kier alpha value is -3.11. The number of phenols is 1. The number of ether oxygens (including phenoxy) is 4. The van der Waals surface area contributed by atoms with E-state index in [4.69, 9.17) is 18.9 Å². The highest BCUT2D eigenvalue weighted by Gasteiger charge is 2.37. The molecular formula is C27H38N2O5. The largest absolute Gasteiger partial charge is 0.504 e. The molecule has 0 aromatic heterocycles. The molecule has 0 saturated carbocycles. The molecule has 2 aromatic rings. The van der Waals surface area contributed by atoms with Gasteiger partial charge < -0.3 is 29.0 Å². The third-order valence-corrected chi connectivity index (χ3v) is 6.50. The second kappa shape index (κ2) is 12.4. The number of phenolic OH excluding ortho intramolecular Hbond substituents is 1.